The number of benzene rings is 3. The van der Waals surface area contributed by atoms with Crippen molar-refractivity contribution >= 4 is 19.4 Å². The van der Waals surface area contributed by atoms with Gasteiger partial charge in [0, 0.05) is 0 Å². The average molecular weight is 407 g/mol. The van der Waals surface area contributed by atoms with E-state index in [9.17, 15) is 19.0 Å². The lowest BCUT2D eigenvalue weighted by Gasteiger charge is -2.29. The second kappa shape index (κ2) is 7.76. The zero-order valence-corrected chi connectivity index (χ0v) is 16.2. The van der Waals surface area contributed by atoms with Gasteiger partial charge in [-0.05, 0) is 23.3 Å². The molecule has 1 heterocycles. The molecule has 1 N–H and O–H groups in total. The van der Waals surface area contributed by atoms with Crippen molar-refractivity contribution in [3.8, 4) is 0 Å². The number of rotatable bonds is 6. The number of nitrogens with zero attached hydrogens (tertiary/aromatic N) is 1. The molecule has 0 fully saturated rings. The molecule has 2 atom stereocenters. The summed E-state index contributed by atoms with van der Waals surface area (Å²) >= 11 is 0. The molecule has 3 aromatic carbocycles. The van der Waals surface area contributed by atoms with E-state index in [0.29, 0.717) is 11.1 Å². The summed E-state index contributed by atoms with van der Waals surface area (Å²) in [6.07, 6.45) is 0. The quantitative estimate of drug-likeness (QED) is 0.484. The zero-order chi connectivity index (χ0) is 20.4. The van der Waals surface area contributed by atoms with E-state index in [1.165, 1.54) is 12.1 Å². The van der Waals surface area contributed by atoms with E-state index in [1.54, 1.807) is 66.7 Å². The summed E-state index contributed by atoms with van der Waals surface area (Å²) in [7, 11) is -4.46. The molecular formula is C22H18NO5P. The van der Waals surface area contributed by atoms with E-state index in [-0.39, 0.29) is 17.7 Å². The molecule has 0 saturated heterocycles. The minimum Gasteiger partial charge on any atom is -0.323 e. The van der Waals surface area contributed by atoms with Gasteiger partial charge < -0.3 is 9.42 Å². The summed E-state index contributed by atoms with van der Waals surface area (Å²) in [4.78, 5) is 37.6. The van der Waals surface area contributed by atoms with Gasteiger partial charge in [0.25, 0.3) is 11.8 Å². The minimum absolute atomic E-state index is 0.124. The van der Waals surface area contributed by atoms with Crippen LogP contribution in [0.5, 0.6) is 0 Å². The number of imide groups is 1. The van der Waals surface area contributed by atoms with Crippen LogP contribution < -0.4 is 0 Å². The fourth-order valence-electron chi connectivity index (χ4n) is 3.35. The predicted molar refractivity (Wildman–Crippen MR) is 107 cm³/mol. The molecule has 2 unspecified atom stereocenters. The number of amides is 2. The van der Waals surface area contributed by atoms with E-state index in [1.807, 2.05) is 6.07 Å². The van der Waals surface area contributed by atoms with E-state index >= 15 is 0 Å². The van der Waals surface area contributed by atoms with Crippen molar-refractivity contribution in [3.05, 3.63) is 107 Å². The number of carbonyl (C=O) groups excluding carboxylic acids is 2. The van der Waals surface area contributed by atoms with Gasteiger partial charge in [-0.3, -0.25) is 19.1 Å². The van der Waals surface area contributed by atoms with Gasteiger partial charge in [0.1, 0.15) is 0 Å². The molecule has 0 aliphatic carbocycles. The van der Waals surface area contributed by atoms with Crippen LogP contribution in [-0.4, -0.2) is 21.6 Å². The van der Waals surface area contributed by atoms with Crippen LogP contribution in [-0.2, 0) is 15.7 Å². The van der Waals surface area contributed by atoms with Gasteiger partial charge in [-0.25, -0.2) is 0 Å². The van der Waals surface area contributed by atoms with Gasteiger partial charge in [-0.2, -0.15) is 0 Å². The molecule has 0 radical (unpaired) electrons. The van der Waals surface area contributed by atoms with Crippen molar-refractivity contribution in [1.82, 2.24) is 4.90 Å². The number of hydrogen-bond donors (Lipinski definition) is 1. The Morgan fingerprint density at radius 3 is 1.83 bits per heavy atom. The van der Waals surface area contributed by atoms with Crippen molar-refractivity contribution in [1.29, 1.82) is 0 Å². The van der Waals surface area contributed by atoms with Gasteiger partial charge in [-0.1, -0.05) is 72.8 Å². The Labute approximate surface area is 167 Å². The standard InChI is InChI=1S/C22H18NO5P/c24-20-18-13-7-8-14-19(18)21(25)23(20)22(17-11-5-2-6-12-17)29(26,27)28-15-16-9-3-1-4-10-16/h1-14,22H,15H2,(H,26,27). The minimum atomic E-state index is -4.46. The first-order chi connectivity index (χ1) is 14.0. The molecule has 0 saturated carbocycles. The Kier molecular flexibility index (Phi) is 5.16. The van der Waals surface area contributed by atoms with Crippen molar-refractivity contribution in [2.45, 2.75) is 12.4 Å². The third-order valence-corrected chi connectivity index (χ3v) is 6.38. The lowest BCUT2D eigenvalue weighted by molar-refractivity contribution is 0.0603. The molecule has 4 rings (SSSR count). The maximum atomic E-state index is 13.3. The second-order valence-electron chi connectivity index (χ2n) is 6.63. The van der Waals surface area contributed by atoms with Crippen molar-refractivity contribution < 1.29 is 23.6 Å². The Balaban J connectivity index is 1.72. The summed E-state index contributed by atoms with van der Waals surface area (Å²) < 4.78 is 18.7. The highest BCUT2D eigenvalue weighted by Gasteiger charge is 2.48. The maximum absolute atomic E-state index is 13.3. The van der Waals surface area contributed by atoms with Crippen molar-refractivity contribution in [3.63, 3.8) is 0 Å². The number of carbonyl (C=O) groups is 2. The Bertz CT molecular complexity index is 1070. The van der Waals surface area contributed by atoms with Gasteiger partial charge >= 0.3 is 7.60 Å². The molecule has 0 aromatic heterocycles. The van der Waals surface area contributed by atoms with Gasteiger partial charge in [0.2, 0.25) is 0 Å². The first-order valence-electron chi connectivity index (χ1n) is 9.02. The smallest absolute Gasteiger partial charge is 0.323 e. The fraction of sp³-hybridized carbons (Fsp3) is 0.0909. The largest absolute Gasteiger partial charge is 0.355 e. The molecular weight excluding hydrogens is 389 g/mol. The van der Waals surface area contributed by atoms with Gasteiger partial charge in [0.15, 0.2) is 5.78 Å². The highest BCUT2D eigenvalue weighted by molar-refractivity contribution is 7.53. The topological polar surface area (TPSA) is 83.9 Å². The van der Waals surface area contributed by atoms with Gasteiger partial charge in [-0.15, -0.1) is 0 Å². The van der Waals surface area contributed by atoms with Crippen molar-refractivity contribution in [2.24, 2.45) is 0 Å². The molecule has 0 bridgehead atoms. The average Bonchev–Trinajstić information content (AvgIpc) is 2.99. The van der Waals surface area contributed by atoms with Crippen LogP contribution in [0.1, 0.15) is 37.6 Å². The first-order valence-corrected chi connectivity index (χ1v) is 10.7. The normalized spacial score (nSPS) is 16.4. The third kappa shape index (κ3) is 3.66. The highest BCUT2D eigenvalue weighted by atomic mass is 31.2. The van der Waals surface area contributed by atoms with Crippen LogP contribution in [0.4, 0.5) is 0 Å². The number of hydrogen-bond acceptors (Lipinski definition) is 4. The molecule has 0 spiro atoms. The van der Waals surface area contributed by atoms with Crippen LogP contribution in [0.15, 0.2) is 84.9 Å². The third-order valence-electron chi connectivity index (χ3n) is 4.74. The van der Waals surface area contributed by atoms with Crippen LogP contribution in [0.3, 0.4) is 0 Å². The summed E-state index contributed by atoms with van der Waals surface area (Å²) in [5.74, 6) is -2.67. The molecule has 2 amide bonds. The fourth-order valence-corrected chi connectivity index (χ4v) is 4.88. The Morgan fingerprint density at radius 2 is 1.28 bits per heavy atom. The Morgan fingerprint density at radius 1 is 0.793 bits per heavy atom. The lowest BCUT2D eigenvalue weighted by atomic mass is 10.1. The van der Waals surface area contributed by atoms with Crippen LogP contribution in [0.2, 0.25) is 0 Å². The van der Waals surface area contributed by atoms with E-state index in [0.717, 1.165) is 4.90 Å². The summed E-state index contributed by atoms with van der Waals surface area (Å²) in [6.45, 7) is -0.124. The molecule has 7 heteroatoms. The van der Waals surface area contributed by atoms with E-state index in [2.05, 4.69) is 0 Å². The molecule has 29 heavy (non-hydrogen) atoms. The highest BCUT2D eigenvalue weighted by Crippen LogP contribution is 2.59. The van der Waals surface area contributed by atoms with Crippen molar-refractivity contribution in [2.75, 3.05) is 0 Å². The summed E-state index contributed by atoms with van der Waals surface area (Å²) in [6, 6.07) is 23.6. The Hall–Kier alpha value is -3.05. The molecule has 146 valence electrons. The molecule has 1 aliphatic heterocycles. The number of fused-ring (bicyclic) bond motifs is 1. The predicted octanol–water partition coefficient (Wildman–Crippen LogP) is 4.38. The lowest BCUT2D eigenvalue weighted by Crippen LogP contribution is -2.34. The van der Waals surface area contributed by atoms with Crippen LogP contribution in [0, 0.1) is 0 Å². The molecule has 1 aliphatic rings. The van der Waals surface area contributed by atoms with E-state index < -0.39 is 25.2 Å². The first kappa shape index (κ1) is 19.3. The van der Waals surface area contributed by atoms with Crippen LogP contribution >= 0.6 is 7.60 Å². The van der Waals surface area contributed by atoms with Crippen LogP contribution in [0.25, 0.3) is 0 Å². The SMILES string of the molecule is O=C1c2ccccc2C(=O)N1C(c1ccccc1)P(=O)(O)OCc1ccccc1. The monoisotopic (exact) mass is 407 g/mol. The van der Waals surface area contributed by atoms with E-state index in [4.69, 9.17) is 4.52 Å². The summed E-state index contributed by atoms with van der Waals surface area (Å²) in [5.41, 5.74) is 1.47. The molecule has 6 nitrogen and oxygen atoms in total. The zero-order valence-electron chi connectivity index (χ0n) is 15.3. The second-order valence-corrected chi connectivity index (χ2v) is 8.51. The summed E-state index contributed by atoms with van der Waals surface area (Å²) in [5, 5.41) is 0. The molecule has 3 aromatic rings. The maximum Gasteiger partial charge on any atom is 0.355 e. The van der Waals surface area contributed by atoms with Gasteiger partial charge in [0.05, 0.1) is 17.7 Å².